The molecular weight excluding hydrogens is 252 g/mol. The Balaban J connectivity index is 2.48. The molecule has 0 fully saturated rings. The molecule has 2 aromatic rings. The summed E-state index contributed by atoms with van der Waals surface area (Å²) in [6.45, 7) is 1.88. The topological polar surface area (TPSA) is 91.0 Å². The van der Waals surface area contributed by atoms with Crippen LogP contribution in [0.2, 0.25) is 0 Å². The number of carbonyl (C=O) groups is 1. The molecule has 2 rings (SSSR count). The van der Waals surface area contributed by atoms with E-state index in [2.05, 4.69) is 16.7 Å². The van der Waals surface area contributed by atoms with E-state index in [4.69, 9.17) is 11.1 Å². The Morgan fingerprint density at radius 3 is 2.90 bits per heavy atom. The van der Waals surface area contributed by atoms with E-state index < -0.39 is 0 Å². The van der Waals surface area contributed by atoms with Crippen molar-refractivity contribution in [2.45, 2.75) is 6.92 Å². The number of benzene rings is 2. The molecule has 0 saturated carbocycles. The molecule has 20 heavy (non-hydrogen) atoms. The Bertz CT molecular complexity index is 652. The average Bonchev–Trinajstić information content (AvgIpc) is 2.41. The number of anilines is 2. The Labute approximate surface area is 117 Å². The van der Waals surface area contributed by atoms with Crippen molar-refractivity contribution in [2.24, 2.45) is 5.73 Å². The van der Waals surface area contributed by atoms with Gasteiger partial charge in [-0.05, 0) is 36.2 Å². The van der Waals surface area contributed by atoms with Gasteiger partial charge in [0.05, 0.1) is 5.69 Å². The van der Waals surface area contributed by atoms with E-state index in [1.807, 2.05) is 43.3 Å². The van der Waals surface area contributed by atoms with Gasteiger partial charge in [-0.3, -0.25) is 10.2 Å². The monoisotopic (exact) mass is 267 g/mol. The summed E-state index contributed by atoms with van der Waals surface area (Å²) >= 11 is 0. The highest BCUT2D eigenvalue weighted by molar-refractivity contribution is 5.92. The summed E-state index contributed by atoms with van der Waals surface area (Å²) in [5.74, 6) is -0.119. The highest BCUT2D eigenvalue weighted by Gasteiger charge is 2.08. The summed E-state index contributed by atoms with van der Waals surface area (Å²) in [4.78, 5) is 10.7. The van der Waals surface area contributed by atoms with Gasteiger partial charge in [-0.2, -0.15) is 0 Å². The predicted octanol–water partition coefficient (Wildman–Crippen LogP) is 2.34. The first-order chi connectivity index (χ1) is 9.61. The lowest BCUT2D eigenvalue weighted by atomic mass is 10.00. The number of guanidine groups is 1. The Kier molecular flexibility index (Phi) is 4.00. The number of nitrogens with one attached hydrogen (secondary N) is 3. The summed E-state index contributed by atoms with van der Waals surface area (Å²) in [6, 6.07) is 14.2. The van der Waals surface area contributed by atoms with Gasteiger partial charge in [-0.25, -0.2) is 0 Å². The van der Waals surface area contributed by atoms with Crippen LogP contribution in [0.1, 0.15) is 5.56 Å². The highest BCUT2D eigenvalue weighted by Crippen LogP contribution is 2.31. The Hall–Kier alpha value is -2.82. The maximum atomic E-state index is 10.7. The quantitative estimate of drug-likeness (QED) is 0.389. The van der Waals surface area contributed by atoms with Crippen LogP contribution in [0.3, 0.4) is 0 Å². The number of carbonyl (C=O) groups excluding carboxylic acids is 1. The molecule has 0 atom stereocenters. The minimum Gasteiger partial charge on any atom is -0.370 e. The fourth-order valence-corrected chi connectivity index (χ4v) is 2.01. The first-order valence-corrected chi connectivity index (χ1v) is 6.05. The van der Waals surface area contributed by atoms with E-state index in [-0.39, 0.29) is 5.96 Å². The fraction of sp³-hybridized carbons (Fsp3) is 0.0667. The average molecular weight is 267 g/mol. The molecule has 1 amide bonds. The second kappa shape index (κ2) is 5.88. The van der Waals surface area contributed by atoms with Gasteiger partial charge in [0, 0.05) is 11.3 Å². The molecule has 1 radical (unpaired) electrons. The Morgan fingerprint density at radius 1 is 1.40 bits per heavy atom. The highest BCUT2D eigenvalue weighted by atomic mass is 16.1. The second-order valence-corrected chi connectivity index (χ2v) is 4.27. The number of rotatable bonds is 4. The van der Waals surface area contributed by atoms with E-state index >= 15 is 0 Å². The van der Waals surface area contributed by atoms with Crippen LogP contribution >= 0.6 is 0 Å². The van der Waals surface area contributed by atoms with E-state index in [1.165, 1.54) is 0 Å². The van der Waals surface area contributed by atoms with Crippen molar-refractivity contribution in [3.8, 4) is 11.1 Å². The zero-order valence-corrected chi connectivity index (χ0v) is 11.0. The normalized spacial score (nSPS) is 9.85. The van der Waals surface area contributed by atoms with Crippen molar-refractivity contribution >= 4 is 23.7 Å². The summed E-state index contributed by atoms with van der Waals surface area (Å²) in [5, 5.41) is 12.7. The summed E-state index contributed by atoms with van der Waals surface area (Å²) in [5.41, 5.74) is 9.43. The summed E-state index contributed by atoms with van der Waals surface area (Å²) < 4.78 is 0. The van der Waals surface area contributed by atoms with Crippen molar-refractivity contribution < 1.29 is 4.79 Å². The number of amides is 1. The van der Waals surface area contributed by atoms with Crippen LogP contribution in [-0.2, 0) is 4.79 Å². The second-order valence-electron chi connectivity index (χ2n) is 4.27. The molecule has 0 heterocycles. The lowest BCUT2D eigenvalue weighted by molar-refractivity contribution is -0.105. The van der Waals surface area contributed by atoms with Gasteiger partial charge in [0.25, 0.3) is 0 Å². The van der Waals surface area contributed by atoms with Crippen LogP contribution in [0.5, 0.6) is 0 Å². The molecule has 0 aromatic heterocycles. The summed E-state index contributed by atoms with van der Waals surface area (Å²) in [7, 11) is 0. The third-order valence-electron chi connectivity index (χ3n) is 2.85. The van der Waals surface area contributed by atoms with Crippen LogP contribution < -0.4 is 16.4 Å². The van der Waals surface area contributed by atoms with Crippen molar-refractivity contribution in [3.05, 3.63) is 48.0 Å². The molecule has 0 aliphatic heterocycles. The largest absolute Gasteiger partial charge is 0.370 e. The van der Waals surface area contributed by atoms with Crippen LogP contribution in [0.25, 0.3) is 11.1 Å². The van der Waals surface area contributed by atoms with Gasteiger partial charge in [-0.1, -0.05) is 24.3 Å². The van der Waals surface area contributed by atoms with Crippen molar-refractivity contribution in [3.63, 3.8) is 0 Å². The SMILES string of the molecule is Cc1[c]ccc(-c2cccc(NC(=N)N)c2)c1NC=O. The molecule has 5 heteroatoms. The molecule has 5 nitrogen and oxygen atoms in total. The zero-order valence-electron chi connectivity index (χ0n) is 11.0. The first-order valence-electron chi connectivity index (χ1n) is 6.05. The van der Waals surface area contributed by atoms with E-state index in [1.54, 1.807) is 0 Å². The van der Waals surface area contributed by atoms with Gasteiger partial charge in [-0.15, -0.1) is 0 Å². The maximum absolute atomic E-state index is 10.7. The van der Waals surface area contributed by atoms with Gasteiger partial charge < -0.3 is 16.4 Å². The molecule has 0 aliphatic rings. The van der Waals surface area contributed by atoms with Gasteiger partial charge in [0.15, 0.2) is 5.96 Å². The van der Waals surface area contributed by atoms with E-state index in [0.717, 1.165) is 28.1 Å². The number of aryl methyl sites for hydroxylation is 1. The third kappa shape index (κ3) is 2.95. The Morgan fingerprint density at radius 2 is 2.20 bits per heavy atom. The van der Waals surface area contributed by atoms with Gasteiger partial charge >= 0.3 is 0 Å². The lowest BCUT2D eigenvalue weighted by Gasteiger charge is -2.12. The minimum absolute atomic E-state index is 0.119. The smallest absolute Gasteiger partial charge is 0.211 e. The maximum Gasteiger partial charge on any atom is 0.211 e. The van der Waals surface area contributed by atoms with Crippen LogP contribution in [0, 0.1) is 18.4 Å². The first kappa shape index (κ1) is 13.6. The molecule has 0 unspecified atom stereocenters. The third-order valence-corrected chi connectivity index (χ3v) is 2.85. The van der Waals surface area contributed by atoms with E-state index in [0.29, 0.717) is 6.41 Å². The molecular formula is C15H15N4O. The van der Waals surface area contributed by atoms with Crippen LogP contribution in [0.15, 0.2) is 36.4 Å². The molecule has 5 N–H and O–H groups in total. The molecule has 0 bridgehead atoms. The van der Waals surface area contributed by atoms with Crippen molar-refractivity contribution in [2.75, 3.05) is 10.6 Å². The number of hydrogen-bond donors (Lipinski definition) is 4. The van der Waals surface area contributed by atoms with Crippen LogP contribution in [-0.4, -0.2) is 12.4 Å². The molecule has 0 aliphatic carbocycles. The standard InChI is InChI=1S/C15H15N4O/c1-10-4-2-7-13(14(10)18-9-20)11-5-3-6-12(8-11)19-15(16)17/h2-3,5-9H,1H3,(H,18,20)(H4,16,17,19). The van der Waals surface area contributed by atoms with Gasteiger partial charge in [0.2, 0.25) is 6.41 Å². The van der Waals surface area contributed by atoms with E-state index in [9.17, 15) is 4.79 Å². The predicted molar refractivity (Wildman–Crippen MR) is 80.7 cm³/mol. The molecule has 0 spiro atoms. The molecule has 0 saturated heterocycles. The van der Waals surface area contributed by atoms with Crippen molar-refractivity contribution in [1.82, 2.24) is 0 Å². The summed E-state index contributed by atoms with van der Waals surface area (Å²) in [6.07, 6.45) is 0.650. The van der Waals surface area contributed by atoms with Crippen LogP contribution in [0.4, 0.5) is 11.4 Å². The zero-order chi connectivity index (χ0) is 14.5. The van der Waals surface area contributed by atoms with Gasteiger partial charge in [0.1, 0.15) is 0 Å². The fourth-order valence-electron chi connectivity index (χ4n) is 2.01. The number of nitrogens with two attached hydrogens (primary N) is 1. The lowest BCUT2D eigenvalue weighted by Crippen LogP contribution is -2.20. The molecule has 101 valence electrons. The molecule has 2 aromatic carbocycles. The minimum atomic E-state index is -0.119. The van der Waals surface area contributed by atoms with Crippen molar-refractivity contribution in [1.29, 1.82) is 5.41 Å². The number of hydrogen-bond acceptors (Lipinski definition) is 2.